The Hall–Kier alpha value is -1.67. The van der Waals surface area contributed by atoms with E-state index in [-0.39, 0.29) is 0 Å². The number of aryl methyl sites for hydroxylation is 1. The topological polar surface area (TPSA) is 24.9 Å². The lowest BCUT2D eigenvalue weighted by Gasteiger charge is -2.30. The van der Waals surface area contributed by atoms with Gasteiger partial charge in [-0.3, -0.25) is 4.98 Å². The van der Waals surface area contributed by atoms with Crippen molar-refractivity contribution in [1.29, 1.82) is 0 Å². The molecule has 2 atom stereocenters. The molecule has 20 heavy (non-hydrogen) atoms. The number of rotatable bonds is 4. The maximum atomic E-state index is 4.12. The van der Waals surface area contributed by atoms with Crippen molar-refractivity contribution in [3.05, 3.63) is 65.5 Å². The zero-order valence-corrected chi connectivity index (χ0v) is 12.0. The molecule has 2 unspecified atom stereocenters. The van der Waals surface area contributed by atoms with Crippen molar-refractivity contribution in [2.24, 2.45) is 0 Å². The first-order valence-electron chi connectivity index (χ1n) is 7.62. The van der Waals surface area contributed by atoms with Crippen LogP contribution in [0, 0.1) is 0 Å². The molecule has 1 aromatic carbocycles. The highest BCUT2D eigenvalue weighted by Gasteiger charge is 2.22. The van der Waals surface area contributed by atoms with Gasteiger partial charge in [-0.05, 0) is 54.5 Å². The Kier molecular flexibility index (Phi) is 4.12. The summed E-state index contributed by atoms with van der Waals surface area (Å²) in [5, 5.41) is 3.85. The zero-order chi connectivity index (χ0) is 13.8. The Morgan fingerprint density at radius 1 is 1.20 bits per heavy atom. The summed E-state index contributed by atoms with van der Waals surface area (Å²) in [4.78, 5) is 4.12. The number of fused-ring (bicyclic) bond motifs is 1. The molecule has 0 bridgehead atoms. The summed E-state index contributed by atoms with van der Waals surface area (Å²) in [6.45, 7) is 2.24. The minimum absolute atomic E-state index is 0.411. The third-order valence-corrected chi connectivity index (χ3v) is 4.29. The first-order chi connectivity index (χ1) is 9.88. The SMILES string of the molecule is CCC(NC1CCCc2ccccc21)c1ccncc1. The lowest BCUT2D eigenvalue weighted by atomic mass is 9.87. The summed E-state index contributed by atoms with van der Waals surface area (Å²) in [5.74, 6) is 0. The third kappa shape index (κ3) is 2.75. The van der Waals surface area contributed by atoms with Gasteiger partial charge in [-0.15, -0.1) is 0 Å². The lowest BCUT2D eigenvalue weighted by molar-refractivity contribution is 0.393. The highest BCUT2D eigenvalue weighted by molar-refractivity contribution is 5.32. The molecule has 0 spiro atoms. The van der Waals surface area contributed by atoms with E-state index in [1.165, 1.54) is 36.0 Å². The molecule has 2 nitrogen and oxygen atoms in total. The molecular weight excluding hydrogens is 244 g/mol. The van der Waals surface area contributed by atoms with Crippen molar-refractivity contribution >= 4 is 0 Å². The van der Waals surface area contributed by atoms with Crippen LogP contribution in [0.3, 0.4) is 0 Å². The highest BCUT2D eigenvalue weighted by atomic mass is 15.0. The van der Waals surface area contributed by atoms with Gasteiger partial charge in [-0.25, -0.2) is 0 Å². The average molecular weight is 266 g/mol. The molecule has 0 aliphatic heterocycles. The largest absolute Gasteiger partial charge is 0.303 e. The Bertz CT molecular complexity index is 550. The molecule has 1 aliphatic rings. The first kappa shape index (κ1) is 13.3. The van der Waals surface area contributed by atoms with E-state index in [1.54, 1.807) is 0 Å². The van der Waals surface area contributed by atoms with Gasteiger partial charge in [-0.1, -0.05) is 31.2 Å². The molecule has 1 N–H and O–H groups in total. The van der Waals surface area contributed by atoms with Crippen molar-refractivity contribution in [3.8, 4) is 0 Å². The molecule has 104 valence electrons. The quantitative estimate of drug-likeness (QED) is 0.897. The van der Waals surface area contributed by atoms with Crippen LogP contribution in [0.25, 0.3) is 0 Å². The van der Waals surface area contributed by atoms with E-state index >= 15 is 0 Å². The van der Waals surface area contributed by atoms with Gasteiger partial charge < -0.3 is 5.32 Å². The smallest absolute Gasteiger partial charge is 0.0328 e. The fourth-order valence-electron chi connectivity index (χ4n) is 3.22. The van der Waals surface area contributed by atoms with E-state index < -0.39 is 0 Å². The summed E-state index contributed by atoms with van der Waals surface area (Å²) in [5.41, 5.74) is 4.35. The van der Waals surface area contributed by atoms with Crippen LogP contribution < -0.4 is 5.32 Å². The highest BCUT2D eigenvalue weighted by Crippen LogP contribution is 2.32. The summed E-state index contributed by atoms with van der Waals surface area (Å²) < 4.78 is 0. The van der Waals surface area contributed by atoms with E-state index in [4.69, 9.17) is 0 Å². The molecular formula is C18H22N2. The van der Waals surface area contributed by atoms with Crippen LogP contribution in [-0.4, -0.2) is 4.98 Å². The van der Waals surface area contributed by atoms with Crippen LogP contribution in [-0.2, 0) is 6.42 Å². The number of benzene rings is 1. The Morgan fingerprint density at radius 3 is 2.80 bits per heavy atom. The lowest BCUT2D eigenvalue weighted by Crippen LogP contribution is -2.29. The molecule has 1 aliphatic carbocycles. The average Bonchev–Trinajstić information content (AvgIpc) is 2.53. The minimum atomic E-state index is 0.411. The Balaban J connectivity index is 1.81. The summed E-state index contributed by atoms with van der Waals surface area (Å²) in [6, 6.07) is 14.0. The van der Waals surface area contributed by atoms with Gasteiger partial charge in [0.15, 0.2) is 0 Å². The molecule has 2 aromatic rings. The van der Waals surface area contributed by atoms with E-state index in [1.807, 2.05) is 12.4 Å². The van der Waals surface area contributed by atoms with Crippen molar-refractivity contribution in [2.75, 3.05) is 0 Å². The predicted molar refractivity (Wildman–Crippen MR) is 82.5 cm³/mol. The second-order valence-electron chi connectivity index (χ2n) is 5.55. The van der Waals surface area contributed by atoms with E-state index in [2.05, 4.69) is 53.6 Å². The fourth-order valence-corrected chi connectivity index (χ4v) is 3.22. The summed E-state index contributed by atoms with van der Waals surface area (Å²) in [6.07, 6.45) is 8.60. The van der Waals surface area contributed by atoms with Gasteiger partial charge in [-0.2, -0.15) is 0 Å². The van der Waals surface area contributed by atoms with Crippen LogP contribution >= 0.6 is 0 Å². The van der Waals surface area contributed by atoms with Crippen LogP contribution in [0.4, 0.5) is 0 Å². The third-order valence-electron chi connectivity index (χ3n) is 4.29. The van der Waals surface area contributed by atoms with Crippen LogP contribution in [0.2, 0.25) is 0 Å². The van der Waals surface area contributed by atoms with Crippen LogP contribution in [0.5, 0.6) is 0 Å². The summed E-state index contributed by atoms with van der Waals surface area (Å²) in [7, 11) is 0. The van der Waals surface area contributed by atoms with Gasteiger partial charge in [0.25, 0.3) is 0 Å². The standard InChI is InChI=1S/C18H22N2/c1-2-17(15-10-12-19-13-11-15)20-18-9-5-7-14-6-3-4-8-16(14)18/h3-4,6,8,10-13,17-18,20H,2,5,7,9H2,1H3. The number of hydrogen-bond acceptors (Lipinski definition) is 2. The molecule has 3 rings (SSSR count). The molecule has 0 radical (unpaired) electrons. The second kappa shape index (κ2) is 6.19. The van der Waals surface area contributed by atoms with Gasteiger partial charge in [0, 0.05) is 24.5 Å². The molecule has 0 saturated carbocycles. The number of aromatic nitrogens is 1. The maximum absolute atomic E-state index is 4.12. The zero-order valence-electron chi connectivity index (χ0n) is 12.0. The number of pyridine rings is 1. The molecule has 1 aromatic heterocycles. The minimum Gasteiger partial charge on any atom is -0.303 e. The van der Waals surface area contributed by atoms with Crippen LogP contribution in [0.15, 0.2) is 48.8 Å². The molecule has 1 heterocycles. The van der Waals surface area contributed by atoms with Gasteiger partial charge in [0.2, 0.25) is 0 Å². The van der Waals surface area contributed by atoms with E-state index in [0.717, 1.165) is 6.42 Å². The summed E-state index contributed by atoms with van der Waals surface area (Å²) >= 11 is 0. The van der Waals surface area contributed by atoms with Crippen molar-refractivity contribution < 1.29 is 0 Å². The molecule has 0 fully saturated rings. The maximum Gasteiger partial charge on any atom is 0.0328 e. The normalized spacial score (nSPS) is 19.4. The Labute approximate surface area is 121 Å². The van der Waals surface area contributed by atoms with Gasteiger partial charge >= 0.3 is 0 Å². The number of hydrogen-bond donors (Lipinski definition) is 1. The number of nitrogens with one attached hydrogen (secondary N) is 1. The van der Waals surface area contributed by atoms with E-state index in [0.29, 0.717) is 12.1 Å². The van der Waals surface area contributed by atoms with Gasteiger partial charge in [0.1, 0.15) is 0 Å². The molecule has 0 amide bonds. The first-order valence-corrected chi connectivity index (χ1v) is 7.62. The van der Waals surface area contributed by atoms with Gasteiger partial charge in [0.05, 0.1) is 0 Å². The predicted octanol–water partition coefficient (Wildman–Crippen LogP) is 4.20. The van der Waals surface area contributed by atoms with E-state index in [9.17, 15) is 0 Å². The van der Waals surface area contributed by atoms with Crippen molar-refractivity contribution in [3.63, 3.8) is 0 Å². The van der Waals surface area contributed by atoms with Crippen LogP contribution in [0.1, 0.15) is 55.0 Å². The Morgan fingerprint density at radius 2 is 2.00 bits per heavy atom. The molecule has 2 heteroatoms. The second-order valence-corrected chi connectivity index (χ2v) is 5.55. The van der Waals surface area contributed by atoms with Crippen molar-refractivity contribution in [1.82, 2.24) is 10.3 Å². The number of nitrogens with zero attached hydrogens (tertiary/aromatic N) is 1. The van der Waals surface area contributed by atoms with Crippen molar-refractivity contribution in [2.45, 2.75) is 44.7 Å². The molecule has 0 saturated heterocycles. The fraction of sp³-hybridized carbons (Fsp3) is 0.389. The monoisotopic (exact) mass is 266 g/mol.